The fourth-order valence-corrected chi connectivity index (χ4v) is 1.90. The molecule has 0 aliphatic heterocycles. The molecule has 0 radical (unpaired) electrons. The second-order valence-corrected chi connectivity index (χ2v) is 4.40. The second-order valence-electron chi connectivity index (χ2n) is 4.40. The summed E-state index contributed by atoms with van der Waals surface area (Å²) in [5, 5.41) is 11.3. The van der Waals surface area contributed by atoms with Crippen molar-refractivity contribution in [3.63, 3.8) is 0 Å². The molecule has 0 heterocycles. The number of benzene rings is 1. The van der Waals surface area contributed by atoms with E-state index in [0.717, 1.165) is 17.7 Å². The minimum absolute atomic E-state index is 0.0212. The lowest BCUT2D eigenvalue weighted by atomic mass is 9.97. The number of hydrogen-bond donors (Lipinski definition) is 2. The molecular weight excluding hydrogens is 230 g/mol. The third-order valence-corrected chi connectivity index (χ3v) is 2.73. The van der Waals surface area contributed by atoms with Crippen LogP contribution in [0.1, 0.15) is 18.9 Å². The first kappa shape index (κ1) is 14.5. The molecule has 0 saturated carbocycles. The van der Waals surface area contributed by atoms with Crippen LogP contribution in [0.15, 0.2) is 24.3 Å². The molecule has 0 saturated heterocycles. The number of methoxy groups -OCH3 is 1. The maximum Gasteiger partial charge on any atom is 0.220 e. The lowest BCUT2D eigenvalue weighted by Gasteiger charge is -2.13. The predicted octanol–water partition coefficient (Wildman–Crippen LogP) is 1.37. The summed E-state index contributed by atoms with van der Waals surface area (Å²) >= 11 is 0. The van der Waals surface area contributed by atoms with Crippen LogP contribution >= 0.6 is 0 Å². The summed E-state index contributed by atoms with van der Waals surface area (Å²) in [7, 11) is 1.65. The number of hydrogen-bond acceptors (Lipinski definition) is 3. The Balaban J connectivity index is 2.48. The van der Waals surface area contributed by atoms with Crippen molar-refractivity contribution in [3.05, 3.63) is 29.8 Å². The van der Waals surface area contributed by atoms with Gasteiger partial charge in [0.15, 0.2) is 0 Å². The van der Waals surface area contributed by atoms with Gasteiger partial charge in [0.1, 0.15) is 5.75 Å². The van der Waals surface area contributed by atoms with E-state index in [0.29, 0.717) is 13.0 Å². The number of amides is 1. The molecule has 0 fully saturated rings. The first-order chi connectivity index (χ1) is 8.67. The van der Waals surface area contributed by atoms with Crippen molar-refractivity contribution < 1.29 is 14.6 Å². The van der Waals surface area contributed by atoms with Crippen LogP contribution in [0, 0.1) is 5.92 Å². The zero-order valence-electron chi connectivity index (χ0n) is 11.0. The third-order valence-electron chi connectivity index (χ3n) is 2.73. The van der Waals surface area contributed by atoms with Gasteiger partial charge in [-0.05, 0) is 24.0 Å². The van der Waals surface area contributed by atoms with Gasteiger partial charge in [-0.2, -0.15) is 0 Å². The average Bonchev–Trinajstić information content (AvgIpc) is 2.36. The molecular formula is C14H21NO3. The van der Waals surface area contributed by atoms with E-state index < -0.39 is 0 Å². The summed E-state index contributed by atoms with van der Waals surface area (Å²) in [6.45, 7) is 2.33. The first-order valence-electron chi connectivity index (χ1n) is 6.16. The maximum absolute atomic E-state index is 11.5. The molecule has 0 aromatic heterocycles. The van der Waals surface area contributed by atoms with Crippen LogP contribution in [0.25, 0.3) is 0 Å². The number of carbonyl (C=O) groups is 1. The Morgan fingerprint density at radius 3 is 2.83 bits per heavy atom. The Kier molecular flexibility index (Phi) is 6.22. The first-order valence-corrected chi connectivity index (χ1v) is 6.16. The summed E-state index contributed by atoms with van der Waals surface area (Å²) in [5.41, 5.74) is 1.11. The number of nitrogens with one attached hydrogen (secondary N) is 1. The van der Waals surface area contributed by atoms with Crippen LogP contribution in [0.3, 0.4) is 0 Å². The number of carbonyl (C=O) groups excluding carboxylic acids is 1. The summed E-state index contributed by atoms with van der Waals surface area (Å²) in [6.07, 6.45) is 1.26. The highest BCUT2D eigenvalue weighted by Crippen LogP contribution is 2.21. The zero-order valence-corrected chi connectivity index (χ0v) is 11.0. The average molecular weight is 251 g/mol. The second kappa shape index (κ2) is 7.71. The summed E-state index contributed by atoms with van der Waals surface area (Å²) < 4.78 is 5.28. The van der Waals surface area contributed by atoms with E-state index in [-0.39, 0.29) is 18.4 Å². The molecule has 1 unspecified atom stereocenters. The molecule has 1 aromatic carbocycles. The lowest BCUT2D eigenvalue weighted by Crippen LogP contribution is -2.28. The van der Waals surface area contributed by atoms with Crippen molar-refractivity contribution in [1.29, 1.82) is 0 Å². The molecule has 2 N–H and O–H groups in total. The van der Waals surface area contributed by atoms with E-state index in [4.69, 9.17) is 9.84 Å². The molecule has 1 aromatic rings. The zero-order chi connectivity index (χ0) is 13.4. The van der Waals surface area contributed by atoms with Gasteiger partial charge in [0.2, 0.25) is 5.91 Å². The van der Waals surface area contributed by atoms with Crippen molar-refractivity contribution in [3.8, 4) is 5.75 Å². The third kappa shape index (κ3) is 4.75. The minimum atomic E-state index is -0.0218. The molecule has 18 heavy (non-hydrogen) atoms. The number of aliphatic hydroxyl groups is 1. The molecule has 0 spiro atoms. The van der Waals surface area contributed by atoms with Crippen LogP contribution in [0.4, 0.5) is 0 Å². The molecule has 4 heteroatoms. The number of ether oxygens (including phenoxy) is 1. The lowest BCUT2D eigenvalue weighted by molar-refractivity contribution is -0.122. The fraction of sp³-hybridized carbons (Fsp3) is 0.500. The Morgan fingerprint density at radius 2 is 2.17 bits per heavy atom. The minimum Gasteiger partial charge on any atom is -0.496 e. The smallest absolute Gasteiger partial charge is 0.220 e. The highest BCUT2D eigenvalue weighted by molar-refractivity contribution is 5.76. The summed E-state index contributed by atoms with van der Waals surface area (Å²) in [4.78, 5) is 11.5. The van der Waals surface area contributed by atoms with E-state index in [9.17, 15) is 4.79 Å². The molecule has 1 atom stereocenters. The SMILES string of the molecule is COc1ccccc1CC(C)CC(=O)NCCO. The number of aliphatic hydroxyl groups excluding tert-OH is 1. The van der Waals surface area contributed by atoms with Crippen LogP contribution in [0.2, 0.25) is 0 Å². The van der Waals surface area contributed by atoms with Gasteiger partial charge in [0.05, 0.1) is 13.7 Å². The molecule has 1 rings (SSSR count). The van der Waals surface area contributed by atoms with Crippen molar-refractivity contribution >= 4 is 5.91 Å². The Bertz CT molecular complexity index is 379. The van der Waals surface area contributed by atoms with E-state index in [1.165, 1.54) is 0 Å². The molecule has 0 aliphatic rings. The number of rotatable bonds is 7. The van der Waals surface area contributed by atoms with E-state index in [1.807, 2.05) is 31.2 Å². The fourth-order valence-electron chi connectivity index (χ4n) is 1.90. The van der Waals surface area contributed by atoms with Crippen LogP contribution in [-0.2, 0) is 11.2 Å². The Morgan fingerprint density at radius 1 is 1.44 bits per heavy atom. The van der Waals surface area contributed by atoms with Gasteiger partial charge < -0.3 is 15.2 Å². The van der Waals surface area contributed by atoms with Gasteiger partial charge in [-0.15, -0.1) is 0 Å². The van der Waals surface area contributed by atoms with Crippen LogP contribution in [0.5, 0.6) is 5.75 Å². The molecule has 0 bridgehead atoms. The Labute approximate surface area is 108 Å². The van der Waals surface area contributed by atoms with Crippen molar-refractivity contribution in [2.24, 2.45) is 5.92 Å². The normalized spacial score (nSPS) is 11.9. The number of para-hydroxylation sites is 1. The predicted molar refractivity (Wildman–Crippen MR) is 70.6 cm³/mol. The van der Waals surface area contributed by atoms with Gasteiger partial charge in [-0.1, -0.05) is 25.1 Å². The van der Waals surface area contributed by atoms with Gasteiger partial charge in [-0.3, -0.25) is 4.79 Å². The van der Waals surface area contributed by atoms with Crippen LogP contribution in [-0.4, -0.2) is 31.3 Å². The summed E-state index contributed by atoms with van der Waals surface area (Å²) in [6, 6.07) is 7.84. The van der Waals surface area contributed by atoms with Gasteiger partial charge in [-0.25, -0.2) is 0 Å². The highest BCUT2D eigenvalue weighted by Gasteiger charge is 2.11. The van der Waals surface area contributed by atoms with E-state index >= 15 is 0 Å². The largest absolute Gasteiger partial charge is 0.496 e. The standard InChI is InChI=1S/C14H21NO3/c1-11(10-14(17)15-7-8-16)9-12-5-3-4-6-13(12)18-2/h3-6,11,16H,7-10H2,1-2H3,(H,15,17). The molecule has 100 valence electrons. The Hall–Kier alpha value is -1.55. The van der Waals surface area contributed by atoms with E-state index in [1.54, 1.807) is 7.11 Å². The monoisotopic (exact) mass is 251 g/mol. The van der Waals surface area contributed by atoms with Crippen LogP contribution < -0.4 is 10.1 Å². The molecule has 4 nitrogen and oxygen atoms in total. The van der Waals surface area contributed by atoms with Crippen molar-refractivity contribution in [2.45, 2.75) is 19.8 Å². The van der Waals surface area contributed by atoms with Crippen molar-refractivity contribution in [1.82, 2.24) is 5.32 Å². The van der Waals surface area contributed by atoms with Gasteiger partial charge >= 0.3 is 0 Å². The maximum atomic E-state index is 11.5. The van der Waals surface area contributed by atoms with Gasteiger partial charge in [0, 0.05) is 13.0 Å². The summed E-state index contributed by atoms with van der Waals surface area (Å²) in [5.74, 6) is 1.08. The van der Waals surface area contributed by atoms with E-state index in [2.05, 4.69) is 5.32 Å². The topological polar surface area (TPSA) is 58.6 Å². The highest BCUT2D eigenvalue weighted by atomic mass is 16.5. The molecule has 0 aliphatic carbocycles. The van der Waals surface area contributed by atoms with Gasteiger partial charge in [0.25, 0.3) is 0 Å². The quantitative estimate of drug-likeness (QED) is 0.769. The van der Waals surface area contributed by atoms with Crippen molar-refractivity contribution in [2.75, 3.05) is 20.3 Å². The molecule has 1 amide bonds.